The van der Waals surface area contributed by atoms with E-state index in [9.17, 15) is 0 Å². The van der Waals surface area contributed by atoms with Gasteiger partial charge in [0.05, 0.1) is 0 Å². The smallest absolute Gasteiger partial charge is 0.00967 e. The van der Waals surface area contributed by atoms with Gasteiger partial charge in [-0.1, -0.05) is 12.5 Å². The molecule has 0 amide bonds. The first-order chi connectivity index (χ1) is 7.49. The molecular formula is C14H23NS. The molecule has 1 heterocycles. The largest absolute Gasteiger partial charge is 0.312 e. The van der Waals surface area contributed by atoms with Crippen LogP contribution in [-0.2, 0) is 6.42 Å². The van der Waals surface area contributed by atoms with E-state index in [1.54, 1.807) is 4.88 Å². The van der Waals surface area contributed by atoms with Gasteiger partial charge in [-0.05, 0) is 56.9 Å². The van der Waals surface area contributed by atoms with E-state index in [1.807, 2.05) is 11.3 Å². The molecule has 0 spiro atoms. The lowest BCUT2D eigenvalue weighted by Gasteiger charge is -2.44. The minimum absolute atomic E-state index is 0.248. The predicted octanol–water partition coefficient (Wildman–Crippen LogP) is 3.85. The van der Waals surface area contributed by atoms with Crippen molar-refractivity contribution in [3.05, 3.63) is 22.4 Å². The second-order valence-electron chi connectivity index (χ2n) is 6.21. The Balaban J connectivity index is 1.92. The second kappa shape index (κ2) is 4.50. The van der Waals surface area contributed by atoms with Crippen LogP contribution in [0.2, 0.25) is 0 Å². The van der Waals surface area contributed by atoms with Crippen LogP contribution < -0.4 is 5.32 Å². The molecule has 0 saturated heterocycles. The maximum atomic E-state index is 3.68. The van der Waals surface area contributed by atoms with Crippen LogP contribution in [0.1, 0.15) is 44.9 Å². The molecule has 1 fully saturated rings. The third-order valence-corrected chi connectivity index (χ3v) is 4.41. The third-order valence-electron chi connectivity index (χ3n) is 3.54. The first kappa shape index (κ1) is 12.1. The Morgan fingerprint density at radius 1 is 1.38 bits per heavy atom. The maximum Gasteiger partial charge on any atom is 0.00967 e. The molecule has 0 aliphatic heterocycles. The molecule has 1 aliphatic rings. The van der Waals surface area contributed by atoms with E-state index in [1.165, 1.54) is 32.2 Å². The molecule has 2 rings (SSSR count). The monoisotopic (exact) mass is 237 g/mol. The summed E-state index contributed by atoms with van der Waals surface area (Å²) in [6, 6.07) is 4.45. The van der Waals surface area contributed by atoms with Crippen molar-refractivity contribution in [2.45, 2.75) is 52.0 Å². The van der Waals surface area contributed by atoms with Gasteiger partial charge >= 0.3 is 0 Å². The van der Waals surface area contributed by atoms with Crippen molar-refractivity contribution in [1.82, 2.24) is 5.32 Å². The number of thiophene rings is 1. The van der Waals surface area contributed by atoms with Gasteiger partial charge < -0.3 is 5.32 Å². The van der Waals surface area contributed by atoms with Crippen molar-refractivity contribution < 1.29 is 0 Å². The highest BCUT2D eigenvalue weighted by atomic mass is 32.1. The highest BCUT2D eigenvalue weighted by molar-refractivity contribution is 7.09. The Morgan fingerprint density at radius 3 is 2.56 bits per heavy atom. The number of nitrogens with one attached hydrogen (secondary N) is 1. The van der Waals surface area contributed by atoms with Gasteiger partial charge in [0.2, 0.25) is 0 Å². The molecule has 16 heavy (non-hydrogen) atoms. The number of hydrogen-bond acceptors (Lipinski definition) is 2. The molecule has 1 nitrogen and oxygen atoms in total. The molecule has 1 saturated carbocycles. The topological polar surface area (TPSA) is 12.0 Å². The van der Waals surface area contributed by atoms with Crippen LogP contribution in [0.3, 0.4) is 0 Å². The van der Waals surface area contributed by atoms with E-state index in [0.717, 1.165) is 0 Å². The molecule has 0 unspecified atom stereocenters. The SMILES string of the molecule is CC(C)(C)NCC1(Cc2cccs2)CCC1. The molecule has 0 atom stereocenters. The zero-order chi connectivity index (χ0) is 11.6. The van der Waals surface area contributed by atoms with Gasteiger partial charge in [-0.15, -0.1) is 11.3 Å². The molecule has 0 bridgehead atoms. The normalized spacial score (nSPS) is 19.4. The van der Waals surface area contributed by atoms with Crippen molar-refractivity contribution >= 4 is 11.3 Å². The maximum absolute atomic E-state index is 3.68. The van der Waals surface area contributed by atoms with Crippen LogP contribution in [-0.4, -0.2) is 12.1 Å². The highest BCUT2D eigenvalue weighted by Crippen LogP contribution is 2.44. The molecular weight excluding hydrogens is 214 g/mol. The quantitative estimate of drug-likeness (QED) is 0.839. The fourth-order valence-corrected chi connectivity index (χ4v) is 3.21. The number of hydrogen-bond donors (Lipinski definition) is 1. The van der Waals surface area contributed by atoms with Crippen molar-refractivity contribution in [2.24, 2.45) is 5.41 Å². The molecule has 1 N–H and O–H groups in total. The van der Waals surface area contributed by atoms with Gasteiger partial charge in [-0.2, -0.15) is 0 Å². The minimum atomic E-state index is 0.248. The average molecular weight is 237 g/mol. The lowest BCUT2D eigenvalue weighted by molar-refractivity contribution is 0.119. The highest BCUT2D eigenvalue weighted by Gasteiger charge is 2.37. The lowest BCUT2D eigenvalue weighted by atomic mass is 9.66. The Bertz CT molecular complexity index is 317. The fourth-order valence-electron chi connectivity index (χ4n) is 2.33. The van der Waals surface area contributed by atoms with Gasteiger partial charge in [0, 0.05) is 17.0 Å². The van der Waals surface area contributed by atoms with Gasteiger partial charge in [-0.25, -0.2) is 0 Å². The summed E-state index contributed by atoms with van der Waals surface area (Å²) in [5.74, 6) is 0. The van der Waals surface area contributed by atoms with Gasteiger partial charge in [-0.3, -0.25) is 0 Å². The molecule has 1 aromatic heterocycles. The zero-order valence-corrected chi connectivity index (χ0v) is 11.5. The first-order valence-electron chi connectivity index (χ1n) is 6.27. The summed E-state index contributed by atoms with van der Waals surface area (Å²) in [6.07, 6.45) is 5.48. The summed E-state index contributed by atoms with van der Waals surface area (Å²) in [5.41, 5.74) is 0.802. The minimum Gasteiger partial charge on any atom is -0.312 e. The van der Waals surface area contributed by atoms with Gasteiger partial charge in [0.25, 0.3) is 0 Å². The lowest BCUT2D eigenvalue weighted by Crippen LogP contribution is -2.47. The summed E-state index contributed by atoms with van der Waals surface area (Å²) < 4.78 is 0. The molecule has 90 valence electrons. The van der Waals surface area contributed by atoms with Crippen LogP contribution in [0.25, 0.3) is 0 Å². The van der Waals surface area contributed by atoms with E-state index >= 15 is 0 Å². The van der Waals surface area contributed by atoms with Crippen LogP contribution >= 0.6 is 11.3 Å². The van der Waals surface area contributed by atoms with Crippen molar-refractivity contribution in [3.8, 4) is 0 Å². The molecule has 1 aliphatic carbocycles. The predicted molar refractivity (Wildman–Crippen MR) is 72.1 cm³/mol. The first-order valence-corrected chi connectivity index (χ1v) is 7.15. The van der Waals surface area contributed by atoms with E-state index in [0.29, 0.717) is 5.41 Å². The summed E-state index contributed by atoms with van der Waals surface area (Å²) in [5, 5.41) is 5.88. The second-order valence-corrected chi connectivity index (χ2v) is 7.25. The number of rotatable bonds is 4. The van der Waals surface area contributed by atoms with Crippen molar-refractivity contribution in [3.63, 3.8) is 0 Å². The molecule has 1 aromatic rings. The Hall–Kier alpha value is -0.340. The summed E-state index contributed by atoms with van der Waals surface area (Å²) in [4.78, 5) is 1.55. The van der Waals surface area contributed by atoms with E-state index in [-0.39, 0.29) is 5.54 Å². The van der Waals surface area contributed by atoms with E-state index in [2.05, 4.69) is 43.6 Å². The van der Waals surface area contributed by atoms with E-state index in [4.69, 9.17) is 0 Å². The van der Waals surface area contributed by atoms with Crippen LogP contribution in [0.15, 0.2) is 17.5 Å². The Labute approximate surface area is 103 Å². The van der Waals surface area contributed by atoms with Crippen molar-refractivity contribution in [2.75, 3.05) is 6.54 Å². The van der Waals surface area contributed by atoms with Crippen molar-refractivity contribution in [1.29, 1.82) is 0 Å². The van der Waals surface area contributed by atoms with Gasteiger partial charge in [0.1, 0.15) is 0 Å². The standard InChI is InChI=1S/C14H23NS/c1-13(2,3)15-11-14(7-5-8-14)10-12-6-4-9-16-12/h4,6,9,15H,5,7-8,10-11H2,1-3H3. The van der Waals surface area contributed by atoms with Crippen LogP contribution in [0, 0.1) is 5.41 Å². The summed E-state index contributed by atoms with van der Waals surface area (Å²) >= 11 is 1.90. The van der Waals surface area contributed by atoms with E-state index < -0.39 is 0 Å². The van der Waals surface area contributed by atoms with Crippen LogP contribution in [0.5, 0.6) is 0 Å². The molecule has 2 heteroatoms. The van der Waals surface area contributed by atoms with Gasteiger partial charge in [0.15, 0.2) is 0 Å². The molecule has 0 radical (unpaired) electrons. The molecule has 0 aromatic carbocycles. The fraction of sp³-hybridized carbons (Fsp3) is 0.714. The summed E-state index contributed by atoms with van der Waals surface area (Å²) in [6.45, 7) is 7.94. The zero-order valence-electron chi connectivity index (χ0n) is 10.7. The Kier molecular flexibility index (Phi) is 3.41. The summed E-state index contributed by atoms with van der Waals surface area (Å²) in [7, 11) is 0. The Morgan fingerprint density at radius 2 is 2.12 bits per heavy atom. The average Bonchev–Trinajstić information content (AvgIpc) is 2.60. The van der Waals surface area contributed by atoms with Crippen LogP contribution in [0.4, 0.5) is 0 Å². The third kappa shape index (κ3) is 3.08.